The number of hydrogen-bond donors (Lipinski definition) is 0. The summed E-state index contributed by atoms with van der Waals surface area (Å²) in [6, 6.07) is 17.6. The van der Waals surface area contributed by atoms with Gasteiger partial charge in [-0.15, -0.1) is 10.2 Å². The fraction of sp³-hybridized carbons (Fsp3) is 0.143. The van der Waals surface area contributed by atoms with Crippen molar-refractivity contribution >= 4 is 33.3 Å². The van der Waals surface area contributed by atoms with Gasteiger partial charge < -0.3 is 13.9 Å². The first-order valence-electron chi connectivity index (χ1n) is 11.7. The quantitative estimate of drug-likeness (QED) is 0.290. The van der Waals surface area contributed by atoms with Gasteiger partial charge in [-0.2, -0.15) is 0 Å². The van der Waals surface area contributed by atoms with E-state index in [1.54, 1.807) is 25.1 Å². The summed E-state index contributed by atoms with van der Waals surface area (Å²) >= 11 is 1.21. The standard InChI is InChI=1S/C28H20FN3O5S/c1-15-30-31-28(38-15)32-24(23-25(33)19-13-18(29)9-11-20(19)37-26(23)27(32)34)17-8-10-21(22(12-17)35-2)36-14-16-6-4-3-5-7-16/h3-13,24H,14H2,1-2H3. The van der Waals surface area contributed by atoms with E-state index in [4.69, 9.17) is 13.9 Å². The number of ether oxygens (including phenoxy) is 2. The molecule has 3 aromatic carbocycles. The van der Waals surface area contributed by atoms with Crippen LogP contribution in [0.25, 0.3) is 11.0 Å². The van der Waals surface area contributed by atoms with Gasteiger partial charge in [0.05, 0.1) is 24.1 Å². The highest BCUT2D eigenvalue weighted by Crippen LogP contribution is 2.44. The molecule has 38 heavy (non-hydrogen) atoms. The second-order valence-electron chi connectivity index (χ2n) is 8.68. The average Bonchev–Trinajstić information content (AvgIpc) is 3.49. The number of hydrogen-bond acceptors (Lipinski definition) is 8. The molecule has 0 saturated heterocycles. The number of carbonyl (C=O) groups is 1. The van der Waals surface area contributed by atoms with Crippen LogP contribution in [0, 0.1) is 12.7 Å². The number of benzene rings is 3. The molecule has 0 bridgehead atoms. The third kappa shape index (κ3) is 3.99. The van der Waals surface area contributed by atoms with Crippen molar-refractivity contribution in [1.82, 2.24) is 10.2 Å². The van der Waals surface area contributed by atoms with Gasteiger partial charge in [-0.25, -0.2) is 4.39 Å². The summed E-state index contributed by atoms with van der Waals surface area (Å²) in [6.07, 6.45) is 0. The maximum absolute atomic E-state index is 14.0. The highest BCUT2D eigenvalue weighted by atomic mass is 32.1. The number of amides is 1. The molecule has 10 heteroatoms. The van der Waals surface area contributed by atoms with Crippen molar-refractivity contribution in [3.05, 3.63) is 110 Å². The van der Waals surface area contributed by atoms with E-state index in [1.807, 2.05) is 30.3 Å². The van der Waals surface area contributed by atoms with Crippen molar-refractivity contribution in [3.63, 3.8) is 0 Å². The highest BCUT2D eigenvalue weighted by molar-refractivity contribution is 7.15. The lowest BCUT2D eigenvalue weighted by atomic mass is 9.98. The zero-order valence-corrected chi connectivity index (χ0v) is 21.1. The van der Waals surface area contributed by atoms with Crippen LogP contribution in [0.15, 0.2) is 75.9 Å². The minimum atomic E-state index is -0.897. The summed E-state index contributed by atoms with van der Waals surface area (Å²) in [6.45, 7) is 2.10. The molecular weight excluding hydrogens is 509 g/mol. The molecule has 0 spiro atoms. The Hall–Kier alpha value is -4.57. The minimum Gasteiger partial charge on any atom is -0.493 e. The molecule has 8 nitrogen and oxygen atoms in total. The van der Waals surface area contributed by atoms with E-state index >= 15 is 0 Å². The highest BCUT2D eigenvalue weighted by Gasteiger charge is 2.45. The first-order chi connectivity index (χ1) is 18.4. The van der Waals surface area contributed by atoms with Crippen molar-refractivity contribution in [1.29, 1.82) is 0 Å². The van der Waals surface area contributed by atoms with Crippen LogP contribution in [0.5, 0.6) is 11.5 Å². The Kier molecular flexibility index (Phi) is 5.88. The van der Waals surface area contributed by atoms with Gasteiger partial charge in [0.2, 0.25) is 10.9 Å². The van der Waals surface area contributed by atoms with Gasteiger partial charge in [0.1, 0.15) is 23.0 Å². The van der Waals surface area contributed by atoms with Crippen molar-refractivity contribution in [2.24, 2.45) is 0 Å². The lowest BCUT2D eigenvalue weighted by molar-refractivity contribution is 0.0970. The molecule has 2 aromatic heterocycles. The van der Waals surface area contributed by atoms with Crippen LogP contribution >= 0.6 is 11.3 Å². The van der Waals surface area contributed by atoms with E-state index in [0.717, 1.165) is 11.6 Å². The summed E-state index contributed by atoms with van der Waals surface area (Å²) in [5.74, 6) is -0.313. The van der Waals surface area contributed by atoms with Gasteiger partial charge in [-0.3, -0.25) is 14.5 Å². The van der Waals surface area contributed by atoms with E-state index in [1.165, 1.54) is 35.5 Å². The van der Waals surface area contributed by atoms with Gasteiger partial charge >= 0.3 is 0 Å². The molecule has 0 fully saturated rings. The molecule has 1 unspecified atom stereocenters. The van der Waals surface area contributed by atoms with Crippen LogP contribution in [0.3, 0.4) is 0 Å². The zero-order valence-electron chi connectivity index (χ0n) is 20.3. The normalized spacial score (nSPS) is 14.7. The topological polar surface area (TPSA) is 94.8 Å². The molecule has 0 saturated carbocycles. The van der Waals surface area contributed by atoms with Crippen molar-refractivity contribution in [2.75, 3.05) is 12.0 Å². The molecule has 5 aromatic rings. The monoisotopic (exact) mass is 529 g/mol. The maximum atomic E-state index is 14.0. The smallest absolute Gasteiger partial charge is 0.297 e. The Morgan fingerprint density at radius 1 is 1.03 bits per heavy atom. The Balaban J connectivity index is 1.49. The van der Waals surface area contributed by atoms with Crippen LogP contribution in [-0.2, 0) is 6.61 Å². The lowest BCUT2D eigenvalue weighted by Gasteiger charge is -2.23. The summed E-state index contributed by atoms with van der Waals surface area (Å²) in [5, 5.41) is 9.21. The molecule has 1 atom stereocenters. The number of rotatable bonds is 6. The van der Waals surface area contributed by atoms with E-state index < -0.39 is 23.2 Å². The van der Waals surface area contributed by atoms with Gasteiger partial charge in [0.25, 0.3) is 5.91 Å². The second-order valence-corrected chi connectivity index (χ2v) is 9.84. The van der Waals surface area contributed by atoms with E-state index in [-0.39, 0.29) is 22.3 Å². The van der Waals surface area contributed by atoms with Crippen LogP contribution < -0.4 is 19.8 Å². The Morgan fingerprint density at radius 3 is 2.58 bits per heavy atom. The first-order valence-corrected chi connectivity index (χ1v) is 12.5. The predicted molar refractivity (Wildman–Crippen MR) is 140 cm³/mol. The predicted octanol–water partition coefficient (Wildman–Crippen LogP) is 5.43. The molecule has 1 aliphatic rings. The van der Waals surface area contributed by atoms with E-state index in [2.05, 4.69) is 10.2 Å². The van der Waals surface area contributed by atoms with Gasteiger partial charge in [-0.1, -0.05) is 47.7 Å². The molecule has 0 aliphatic carbocycles. The summed E-state index contributed by atoms with van der Waals surface area (Å²) < 4.78 is 31.5. The van der Waals surface area contributed by atoms with Crippen molar-refractivity contribution in [2.45, 2.75) is 19.6 Å². The van der Waals surface area contributed by atoms with E-state index in [9.17, 15) is 14.0 Å². The van der Waals surface area contributed by atoms with E-state index in [0.29, 0.717) is 33.8 Å². The summed E-state index contributed by atoms with van der Waals surface area (Å²) in [7, 11) is 1.51. The molecule has 190 valence electrons. The number of carbonyl (C=O) groups excluding carboxylic acids is 1. The van der Waals surface area contributed by atoms with Crippen molar-refractivity contribution in [3.8, 4) is 11.5 Å². The second kappa shape index (κ2) is 9.38. The van der Waals surface area contributed by atoms with Crippen molar-refractivity contribution < 1.29 is 23.1 Å². The molecule has 6 rings (SSSR count). The number of aryl methyl sites for hydroxylation is 1. The Morgan fingerprint density at radius 2 is 1.84 bits per heavy atom. The number of nitrogens with zero attached hydrogens (tertiary/aromatic N) is 3. The number of methoxy groups -OCH3 is 1. The Bertz CT molecular complexity index is 1750. The van der Waals surface area contributed by atoms with Crippen LogP contribution in [-0.4, -0.2) is 23.2 Å². The number of fused-ring (bicyclic) bond motifs is 2. The molecule has 0 N–H and O–H groups in total. The van der Waals surface area contributed by atoms with Crippen LogP contribution in [0.4, 0.5) is 9.52 Å². The lowest BCUT2D eigenvalue weighted by Crippen LogP contribution is -2.29. The fourth-order valence-electron chi connectivity index (χ4n) is 4.55. The number of halogens is 1. The first kappa shape index (κ1) is 23.8. The molecule has 1 aliphatic heterocycles. The molecule has 0 radical (unpaired) electrons. The van der Waals surface area contributed by atoms with Gasteiger partial charge in [0, 0.05) is 0 Å². The number of aromatic nitrogens is 2. The fourth-order valence-corrected chi connectivity index (χ4v) is 5.26. The maximum Gasteiger partial charge on any atom is 0.297 e. The third-order valence-electron chi connectivity index (χ3n) is 6.29. The van der Waals surface area contributed by atoms with Crippen LogP contribution in [0.2, 0.25) is 0 Å². The SMILES string of the molecule is COc1cc(C2c3c(oc4ccc(F)cc4c3=O)C(=O)N2c2nnc(C)s2)ccc1OCc1ccccc1. The third-order valence-corrected chi connectivity index (χ3v) is 7.13. The van der Waals surface area contributed by atoms with Crippen LogP contribution in [0.1, 0.15) is 38.3 Å². The zero-order chi connectivity index (χ0) is 26.4. The minimum absolute atomic E-state index is 0.0478. The largest absolute Gasteiger partial charge is 0.493 e. The summed E-state index contributed by atoms with van der Waals surface area (Å²) in [4.78, 5) is 28.7. The average molecular weight is 530 g/mol. The molecule has 3 heterocycles. The van der Waals surface area contributed by atoms with Gasteiger partial charge in [-0.05, 0) is 48.4 Å². The molecule has 1 amide bonds. The number of anilines is 1. The Labute approximate surface area is 219 Å². The summed E-state index contributed by atoms with van der Waals surface area (Å²) in [5.41, 5.74) is 1.28. The van der Waals surface area contributed by atoms with Gasteiger partial charge in [0.15, 0.2) is 16.9 Å². The molecular formula is C28H20FN3O5S.